The van der Waals surface area contributed by atoms with Crippen molar-refractivity contribution in [1.29, 1.82) is 0 Å². The molecule has 0 saturated heterocycles. The zero-order valence-electron chi connectivity index (χ0n) is 9.82. The molecule has 1 aliphatic rings. The summed E-state index contributed by atoms with van der Waals surface area (Å²) in [6, 6.07) is 6.78. The molecule has 1 heterocycles. The van der Waals surface area contributed by atoms with Gasteiger partial charge in [-0.1, -0.05) is 12.1 Å². The predicted octanol–water partition coefficient (Wildman–Crippen LogP) is 3.41. The highest BCUT2D eigenvalue weighted by Crippen LogP contribution is 2.37. The summed E-state index contributed by atoms with van der Waals surface area (Å²) < 4.78 is 1.35. The lowest BCUT2D eigenvalue weighted by Gasteiger charge is -2.26. The van der Waals surface area contributed by atoms with Crippen LogP contribution in [-0.2, 0) is 11.2 Å². The summed E-state index contributed by atoms with van der Waals surface area (Å²) >= 11 is 1.78. The first-order chi connectivity index (χ1) is 8.25. The smallest absolute Gasteiger partial charge is 0.217 e. The number of hydrogen-bond donors (Lipinski definition) is 1. The first kappa shape index (κ1) is 10.8. The third-order valence-corrected chi connectivity index (χ3v) is 4.38. The minimum Gasteiger partial charge on any atom is -0.349 e. The molecule has 1 atom stereocenters. The molecule has 0 spiro atoms. The van der Waals surface area contributed by atoms with Gasteiger partial charge in [0.25, 0.3) is 0 Å². The van der Waals surface area contributed by atoms with Gasteiger partial charge in [-0.3, -0.25) is 4.79 Å². The zero-order valence-corrected chi connectivity index (χ0v) is 10.6. The van der Waals surface area contributed by atoms with Gasteiger partial charge < -0.3 is 5.32 Å². The minimum atomic E-state index is 0.0661. The molecule has 1 aromatic heterocycles. The first-order valence-corrected chi connectivity index (χ1v) is 6.90. The normalized spacial score (nSPS) is 19.0. The van der Waals surface area contributed by atoms with Crippen LogP contribution in [0.25, 0.3) is 10.1 Å². The number of rotatable bonds is 1. The predicted molar refractivity (Wildman–Crippen MR) is 71.3 cm³/mol. The Kier molecular flexibility index (Phi) is 2.63. The number of nitrogens with one attached hydrogen (secondary N) is 1. The highest BCUT2D eigenvalue weighted by Gasteiger charge is 2.23. The highest BCUT2D eigenvalue weighted by atomic mass is 32.1. The topological polar surface area (TPSA) is 29.1 Å². The Labute approximate surface area is 105 Å². The number of fused-ring (bicyclic) bond motifs is 3. The molecular formula is C14H15NOS. The van der Waals surface area contributed by atoms with Crippen molar-refractivity contribution in [2.24, 2.45) is 0 Å². The van der Waals surface area contributed by atoms with Gasteiger partial charge in [-0.05, 0) is 47.2 Å². The molecule has 3 heteroatoms. The minimum absolute atomic E-state index is 0.0661. The Morgan fingerprint density at radius 2 is 2.29 bits per heavy atom. The molecule has 1 aromatic carbocycles. The van der Waals surface area contributed by atoms with Crippen LogP contribution in [0.5, 0.6) is 0 Å². The Hall–Kier alpha value is -1.35. The number of thiophene rings is 1. The van der Waals surface area contributed by atoms with E-state index < -0.39 is 0 Å². The maximum absolute atomic E-state index is 11.3. The Morgan fingerprint density at radius 1 is 1.41 bits per heavy atom. The fraction of sp³-hybridized carbons (Fsp3) is 0.357. The summed E-state index contributed by atoms with van der Waals surface area (Å²) in [6.07, 6.45) is 3.36. The summed E-state index contributed by atoms with van der Waals surface area (Å²) in [6.45, 7) is 1.60. The Balaban J connectivity index is 2.15. The van der Waals surface area contributed by atoms with Crippen LogP contribution in [0.3, 0.4) is 0 Å². The van der Waals surface area contributed by atoms with Crippen molar-refractivity contribution < 1.29 is 4.79 Å². The molecule has 3 rings (SSSR count). The molecule has 0 aliphatic heterocycles. The first-order valence-electron chi connectivity index (χ1n) is 6.02. The number of aryl methyl sites for hydroxylation is 1. The zero-order chi connectivity index (χ0) is 11.8. The van der Waals surface area contributed by atoms with E-state index in [1.807, 2.05) is 0 Å². The lowest BCUT2D eigenvalue weighted by atomic mass is 9.87. The fourth-order valence-electron chi connectivity index (χ4n) is 2.73. The van der Waals surface area contributed by atoms with Crippen molar-refractivity contribution in [3.8, 4) is 0 Å². The van der Waals surface area contributed by atoms with Gasteiger partial charge in [0.1, 0.15) is 0 Å². The van der Waals surface area contributed by atoms with Crippen molar-refractivity contribution in [2.45, 2.75) is 32.2 Å². The number of benzene rings is 1. The molecule has 1 unspecified atom stereocenters. The summed E-state index contributed by atoms with van der Waals surface area (Å²) in [4.78, 5) is 11.3. The quantitative estimate of drug-likeness (QED) is 0.819. The SMILES string of the molecule is CC(=O)NC1CCCc2ccc3ccsc3c21. The van der Waals surface area contributed by atoms with E-state index in [0.29, 0.717) is 0 Å². The van der Waals surface area contributed by atoms with Crippen LogP contribution in [0.15, 0.2) is 23.6 Å². The van der Waals surface area contributed by atoms with E-state index >= 15 is 0 Å². The highest BCUT2D eigenvalue weighted by molar-refractivity contribution is 7.17. The number of carbonyl (C=O) groups excluding carboxylic acids is 1. The van der Waals surface area contributed by atoms with Crippen molar-refractivity contribution in [1.82, 2.24) is 5.32 Å². The van der Waals surface area contributed by atoms with Gasteiger partial charge in [0.15, 0.2) is 0 Å². The van der Waals surface area contributed by atoms with E-state index in [2.05, 4.69) is 28.9 Å². The molecule has 1 aliphatic carbocycles. The molecule has 88 valence electrons. The van der Waals surface area contributed by atoms with Crippen LogP contribution in [-0.4, -0.2) is 5.91 Å². The number of carbonyl (C=O) groups is 1. The second kappa shape index (κ2) is 4.15. The lowest BCUT2D eigenvalue weighted by Crippen LogP contribution is -2.28. The fourth-order valence-corrected chi connectivity index (χ4v) is 3.75. The largest absolute Gasteiger partial charge is 0.349 e. The maximum atomic E-state index is 11.3. The number of amides is 1. The summed E-state index contributed by atoms with van der Waals surface area (Å²) in [5.74, 6) is 0.0661. The van der Waals surface area contributed by atoms with Crippen molar-refractivity contribution in [2.75, 3.05) is 0 Å². The molecule has 2 aromatic rings. The molecular weight excluding hydrogens is 230 g/mol. The number of hydrogen-bond acceptors (Lipinski definition) is 2. The van der Waals surface area contributed by atoms with Crippen LogP contribution in [0.4, 0.5) is 0 Å². The van der Waals surface area contributed by atoms with E-state index in [0.717, 1.165) is 19.3 Å². The third kappa shape index (κ3) is 1.84. The van der Waals surface area contributed by atoms with Gasteiger partial charge in [0.05, 0.1) is 6.04 Å². The van der Waals surface area contributed by atoms with Gasteiger partial charge in [-0.2, -0.15) is 0 Å². The van der Waals surface area contributed by atoms with Crippen LogP contribution >= 0.6 is 11.3 Å². The van der Waals surface area contributed by atoms with E-state index in [1.165, 1.54) is 21.2 Å². The molecule has 0 fully saturated rings. The third-order valence-electron chi connectivity index (χ3n) is 3.42. The Morgan fingerprint density at radius 3 is 3.12 bits per heavy atom. The monoisotopic (exact) mass is 245 g/mol. The van der Waals surface area contributed by atoms with Gasteiger partial charge in [-0.15, -0.1) is 11.3 Å². The molecule has 0 bridgehead atoms. The van der Waals surface area contributed by atoms with E-state index in [-0.39, 0.29) is 11.9 Å². The summed E-state index contributed by atoms with van der Waals surface area (Å²) in [5, 5.41) is 6.51. The Bertz CT molecular complexity index is 573. The summed E-state index contributed by atoms with van der Waals surface area (Å²) in [5.41, 5.74) is 2.77. The lowest BCUT2D eigenvalue weighted by molar-refractivity contribution is -0.119. The van der Waals surface area contributed by atoms with E-state index in [9.17, 15) is 4.79 Å². The van der Waals surface area contributed by atoms with E-state index in [1.54, 1.807) is 18.3 Å². The average molecular weight is 245 g/mol. The average Bonchev–Trinajstić information content (AvgIpc) is 2.76. The standard InChI is InChI=1S/C14H15NOS/c1-9(16)15-12-4-2-3-10-5-6-11-7-8-17-14(11)13(10)12/h5-8,12H,2-4H2,1H3,(H,15,16). The van der Waals surface area contributed by atoms with Gasteiger partial charge in [0, 0.05) is 11.6 Å². The van der Waals surface area contributed by atoms with Crippen LogP contribution in [0.1, 0.15) is 36.9 Å². The molecule has 0 radical (unpaired) electrons. The van der Waals surface area contributed by atoms with Gasteiger partial charge in [0.2, 0.25) is 5.91 Å². The van der Waals surface area contributed by atoms with Crippen LogP contribution < -0.4 is 5.32 Å². The molecule has 0 saturated carbocycles. The second-order valence-corrected chi connectivity index (χ2v) is 5.54. The van der Waals surface area contributed by atoms with Crippen molar-refractivity contribution in [3.63, 3.8) is 0 Å². The molecule has 17 heavy (non-hydrogen) atoms. The molecule has 1 amide bonds. The maximum Gasteiger partial charge on any atom is 0.217 e. The van der Waals surface area contributed by atoms with E-state index in [4.69, 9.17) is 0 Å². The van der Waals surface area contributed by atoms with Crippen molar-refractivity contribution in [3.05, 3.63) is 34.7 Å². The van der Waals surface area contributed by atoms with Crippen molar-refractivity contribution >= 4 is 27.3 Å². The molecule has 2 nitrogen and oxygen atoms in total. The van der Waals surface area contributed by atoms with Gasteiger partial charge >= 0.3 is 0 Å². The van der Waals surface area contributed by atoms with Crippen LogP contribution in [0, 0.1) is 0 Å². The molecule has 1 N–H and O–H groups in total. The second-order valence-electron chi connectivity index (χ2n) is 4.62. The van der Waals surface area contributed by atoms with Gasteiger partial charge in [-0.25, -0.2) is 0 Å². The summed E-state index contributed by atoms with van der Waals surface area (Å²) in [7, 11) is 0. The van der Waals surface area contributed by atoms with Crippen LogP contribution in [0.2, 0.25) is 0 Å².